The Morgan fingerprint density at radius 1 is 1.04 bits per heavy atom. The van der Waals surface area contributed by atoms with E-state index in [2.05, 4.69) is 0 Å². The molecule has 1 aliphatic rings. The van der Waals surface area contributed by atoms with Crippen molar-refractivity contribution in [2.75, 3.05) is 25.9 Å². The molecule has 2 aromatic carbocycles. The topological polar surface area (TPSA) is 61.1 Å². The van der Waals surface area contributed by atoms with Gasteiger partial charge in [0, 0.05) is 23.2 Å². The number of ether oxygens (including phenoxy) is 3. The Balaban J connectivity index is 1.78. The lowest BCUT2D eigenvalue weighted by molar-refractivity contribution is 0.288. The number of aryl methyl sites for hydroxylation is 1. The summed E-state index contributed by atoms with van der Waals surface area (Å²) < 4.78 is 22.1. The summed E-state index contributed by atoms with van der Waals surface area (Å²) in [4.78, 5) is 13.9. The van der Waals surface area contributed by atoms with E-state index in [0.29, 0.717) is 30.4 Å². The van der Waals surface area contributed by atoms with Gasteiger partial charge >= 0.3 is 5.63 Å². The van der Waals surface area contributed by atoms with Crippen LogP contribution in [0.4, 0.5) is 5.69 Å². The quantitative estimate of drug-likeness (QED) is 0.672. The van der Waals surface area contributed by atoms with E-state index in [1.165, 1.54) is 6.07 Å². The molecule has 0 unspecified atom stereocenters. The van der Waals surface area contributed by atoms with Gasteiger partial charge < -0.3 is 23.5 Å². The molecule has 1 aliphatic heterocycles. The van der Waals surface area contributed by atoms with Crippen LogP contribution in [0.1, 0.15) is 11.1 Å². The summed E-state index contributed by atoms with van der Waals surface area (Å²) in [6.07, 6.45) is 0. The molecule has 0 fully saturated rings. The van der Waals surface area contributed by atoms with Gasteiger partial charge in [-0.3, -0.25) is 0 Å². The smallest absolute Gasteiger partial charge is 0.336 e. The third-order valence-electron chi connectivity index (χ3n) is 4.64. The van der Waals surface area contributed by atoms with Crippen LogP contribution in [-0.4, -0.2) is 21.0 Å². The second kappa shape index (κ2) is 6.29. The molecule has 0 saturated carbocycles. The third-order valence-corrected chi connectivity index (χ3v) is 4.64. The highest BCUT2D eigenvalue weighted by molar-refractivity contribution is 5.85. The Morgan fingerprint density at radius 3 is 2.62 bits per heavy atom. The molecule has 0 amide bonds. The molecule has 0 bridgehead atoms. The van der Waals surface area contributed by atoms with E-state index in [1.807, 2.05) is 42.2 Å². The predicted octanol–water partition coefficient (Wildman–Crippen LogP) is 3.48. The van der Waals surface area contributed by atoms with Crippen LogP contribution in [0.3, 0.4) is 0 Å². The zero-order valence-electron chi connectivity index (χ0n) is 14.9. The molecular formula is C20H19NO5. The standard InChI is InChI=1S/C20H19NO5/c1-12-8-19(22)26-20-14(12)5-7-16-15(20)10-21(11-25-16)13-4-6-17(23-2)18(9-13)24-3/h4-9H,10-11H2,1-3H3. The van der Waals surface area contributed by atoms with Gasteiger partial charge in [-0.25, -0.2) is 4.79 Å². The first-order chi connectivity index (χ1) is 12.6. The molecule has 0 saturated heterocycles. The van der Waals surface area contributed by atoms with Gasteiger partial charge in [0.15, 0.2) is 18.2 Å². The largest absolute Gasteiger partial charge is 0.493 e. The zero-order valence-corrected chi connectivity index (χ0v) is 14.9. The number of rotatable bonds is 3. The molecular weight excluding hydrogens is 334 g/mol. The molecule has 26 heavy (non-hydrogen) atoms. The number of fused-ring (bicyclic) bond motifs is 3. The summed E-state index contributed by atoms with van der Waals surface area (Å²) in [5, 5.41) is 0.918. The predicted molar refractivity (Wildman–Crippen MR) is 98.4 cm³/mol. The van der Waals surface area contributed by atoms with Crippen molar-refractivity contribution in [2.24, 2.45) is 0 Å². The van der Waals surface area contributed by atoms with Gasteiger partial charge in [0.25, 0.3) is 0 Å². The van der Waals surface area contributed by atoms with Crippen molar-refractivity contribution in [2.45, 2.75) is 13.5 Å². The van der Waals surface area contributed by atoms with E-state index in [1.54, 1.807) is 14.2 Å². The summed E-state index contributed by atoms with van der Waals surface area (Å²) in [6, 6.07) is 11.1. The molecule has 3 aromatic rings. The number of methoxy groups -OCH3 is 2. The van der Waals surface area contributed by atoms with Crippen LogP contribution in [0, 0.1) is 6.92 Å². The van der Waals surface area contributed by atoms with Crippen molar-refractivity contribution in [3.05, 3.63) is 57.9 Å². The first-order valence-corrected chi connectivity index (χ1v) is 8.27. The van der Waals surface area contributed by atoms with Crippen molar-refractivity contribution in [1.29, 1.82) is 0 Å². The van der Waals surface area contributed by atoms with Crippen LogP contribution in [0.5, 0.6) is 17.2 Å². The molecule has 0 aliphatic carbocycles. The molecule has 0 N–H and O–H groups in total. The van der Waals surface area contributed by atoms with Gasteiger partial charge in [-0.05, 0) is 36.8 Å². The highest BCUT2D eigenvalue weighted by Gasteiger charge is 2.23. The van der Waals surface area contributed by atoms with E-state index in [4.69, 9.17) is 18.6 Å². The number of anilines is 1. The van der Waals surface area contributed by atoms with Gasteiger partial charge in [0.05, 0.1) is 26.3 Å². The van der Waals surface area contributed by atoms with Crippen molar-refractivity contribution >= 4 is 16.7 Å². The van der Waals surface area contributed by atoms with Gasteiger partial charge in [0.2, 0.25) is 0 Å². The normalized spacial score (nSPS) is 13.3. The minimum Gasteiger partial charge on any atom is -0.493 e. The molecule has 134 valence electrons. The molecule has 1 aromatic heterocycles. The Hall–Kier alpha value is -3.15. The van der Waals surface area contributed by atoms with Crippen molar-refractivity contribution in [3.8, 4) is 17.2 Å². The van der Waals surface area contributed by atoms with Gasteiger partial charge in [-0.15, -0.1) is 0 Å². The lowest BCUT2D eigenvalue weighted by Crippen LogP contribution is -2.32. The molecule has 0 atom stereocenters. The fraction of sp³-hybridized carbons (Fsp3) is 0.250. The molecule has 0 radical (unpaired) electrons. The highest BCUT2D eigenvalue weighted by atomic mass is 16.5. The Morgan fingerprint density at radius 2 is 1.85 bits per heavy atom. The van der Waals surface area contributed by atoms with Crippen molar-refractivity contribution < 1.29 is 18.6 Å². The van der Waals surface area contributed by atoms with Gasteiger partial charge in [0.1, 0.15) is 11.3 Å². The maximum atomic E-state index is 11.8. The Bertz CT molecular complexity index is 1040. The van der Waals surface area contributed by atoms with Crippen LogP contribution in [0.2, 0.25) is 0 Å². The number of benzene rings is 2. The van der Waals surface area contributed by atoms with E-state index in [9.17, 15) is 4.79 Å². The Kier molecular flexibility index (Phi) is 3.95. The fourth-order valence-electron chi connectivity index (χ4n) is 3.28. The lowest BCUT2D eigenvalue weighted by Gasteiger charge is -2.31. The second-order valence-electron chi connectivity index (χ2n) is 6.18. The summed E-state index contributed by atoms with van der Waals surface area (Å²) >= 11 is 0. The highest BCUT2D eigenvalue weighted by Crippen LogP contribution is 2.37. The third kappa shape index (κ3) is 2.63. The molecule has 0 spiro atoms. The Labute approximate surface area is 150 Å². The first-order valence-electron chi connectivity index (χ1n) is 8.27. The van der Waals surface area contributed by atoms with Crippen molar-refractivity contribution in [3.63, 3.8) is 0 Å². The van der Waals surface area contributed by atoms with E-state index < -0.39 is 0 Å². The summed E-state index contributed by atoms with van der Waals surface area (Å²) in [6.45, 7) is 2.86. The monoisotopic (exact) mass is 353 g/mol. The first kappa shape index (κ1) is 16.3. The minimum absolute atomic E-state index is 0.355. The zero-order chi connectivity index (χ0) is 18.3. The van der Waals surface area contributed by atoms with Crippen LogP contribution in [0.15, 0.2) is 45.6 Å². The van der Waals surface area contributed by atoms with Crippen LogP contribution < -0.4 is 24.7 Å². The minimum atomic E-state index is -0.355. The average molecular weight is 353 g/mol. The molecule has 4 rings (SSSR count). The number of hydrogen-bond donors (Lipinski definition) is 0. The van der Waals surface area contributed by atoms with Gasteiger partial charge in [-0.1, -0.05) is 0 Å². The van der Waals surface area contributed by atoms with Gasteiger partial charge in [-0.2, -0.15) is 0 Å². The van der Waals surface area contributed by atoms with Crippen LogP contribution >= 0.6 is 0 Å². The lowest BCUT2D eigenvalue weighted by atomic mass is 10.0. The van der Waals surface area contributed by atoms with E-state index >= 15 is 0 Å². The molecule has 6 heteroatoms. The fourth-order valence-corrected chi connectivity index (χ4v) is 3.28. The second-order valence-corrected chi connectivity index (χ2v) is 6.18. The number of hydrogen-bond acceptors (Lipinski definition) is 6. The number of nitrogens with zero attached hydrogens (tertiary/aromatic N) is 1. The average Bonchev–Trinajstić information content (AvgIpc) is 2.66. The van der Waals surface area contributed by atoms with E-state index in [0.717, 1.165) is 28.0 Å². The maximum Gasteiger partial charge on any atom is 0.336 e. The SMILES string of the molecule is COc1ccc(N2COc3ccc4c(C)cc(=O)oc4c3C2)cc1OC. The van der Waals surface area contributed by atoms with Crippen molar-refractivity contribution in [1.82, 2.24) is 0 Å². The van der Waals surface area contributed by atoms with Crippen LogP contribution in [0.25, 0.3) is 11.0 Å². The van der Waals surface area contributed by atoms with E-state index in [-0.39, 0.29) is 5.63 Å². The molecule has 6 nitrogen and oxygen atoms in total. The maximum absolute atomic E-state index is 11.8. The summed E-state index contributed by atoms with van der Waals surface area (Å²) in [7, 11) is 3.21. The molecule has 2 heterocycles. The van der Waals surface area contributed by atoms with Crippen LogP contribution in [-0.2, 0) is 6.54 Å². The summed E-state index contributed by atoms with van der Waals surface area (Å²) in [5.74, 6) is 2.06. The summed E-state index contributed by atoms with van der Waals surface area (Å²) in [5.41, 5.74) is 2.91.